The number of carbonyl (C=O) groups is 1. The van der Waals surface area contributed by atoms with E-state index in [1.165, 1.54) is 11.1 Å². The molecule has 5 nitrogen and oxygen atoms in total. The van der Waals surface area contributed by atoms with Crippen LogP contribution < -0.4 is 0 Å². The number of benzene rings is 2. The van der Waals surface area contributed by atoms with Crippen LogP contribution in [0.4, 0.5) is 0 Å². The van der Waals surface area contributed by atoms with E-state index in [1.807, 2.05) is 23.2 Å². The molecular weight excluding hydrogens is 350 g/mol. The molecule has 5 heteroatoms. The maximum absolute atomic E-state index is 11.1. The molecule has 3 aromatic rings. The van der Waals surface area contributed by atoms with Crippen LogP contribution in [0.2, 0.25) is 0 Å². The quantitative estimate of drug-likeness (QED) is 0.717. The molecule has 0 spiro atoms. The van der Waals surface area contributed by atoms with Crippen molar-refractivity contribution in [1.29, 1.82) is 0 Å². The Kier molecular flexibility index (Phi) is 5.26. The summed E-state index contributed by atoms with van der Waals surface area (Å²) in [6, 6.07) is 20.9. The Labute approximate surface area is 165 Å². The minimum absolute atomic E-state index is 0.101. The number of imidazole rings is 1. The van der Waals surface area contributed by atoms with Crippen molar-refractivity contribution in [3.63, 3.8) is 0 Å². The molecule has 144 valence electrons. The first-order valence-corrected chi connectivity index (χ1v) is 9.73. The zero-order valence-electron chi connectivity index (χ0n) is 15.9. The Morgan fingerprint density at radius 2 is 1.64 bits per heavy atom. The zero-order chi connectivity index (χ0) is 19.4. The predicted octanol–water partition coefficient (Wildman–Crippen LogP) is 3.40. The number of rotatable bonds is 6. The van der Waals surface area contributed by atoms with Crippen molar-refractivity contribution >= 4 is 5.97 Å². The first-order chi connectivity index (χ1) is 13.7. The van der Waals surface area contributed by atoms with Gasteiger partial charge in [-0.3, -0.25) is 9.69 Å². The topological polar surface area (TPSA) is 58.4 Å². The third-order valence-electron chi connectivity index (χ3n) is 5.73. The molecule has 0 bridgehead atoms. The Morgan fingerprint density at radius 1 is 1.00 bits per heavy atom. The largest absolute Gasteiger partial charge is 0.480 e. The molecule has 28 heavy (non-hydrogen) atoms. The van der Waals surface area contributed by atoms with Crippen LogP contribution in [0, 0.1) is 0 Å². The summed E-state index contributed by atoms with van der Waals surface area (Å²) in [5, 5.41) is 9.15. The second-order valence-electron chi connectivity index (χ2n) is 7.48. The van der Waals surface area contributed by atoms with Gasteiger partial charge < -0.3 is 9.67 Å². The van der Waals surface area contributed by atoms with Crippen molar-refractivity contribution < 1.29 is 9.90 Å². The molecule has 1 aliphatic heterocycles. The van der Waals surface area contributed by atoms with Crippen LogP contribution >= 0.6 is 0 Å². The Morgan fingerprint density at radius 3 is 2.29 bits per heavy atom. The van der Waals surface area contributed by atoms with Gasteiger partial charge >= 0.3 is 5.97 Å². The van der Waals surface area contributed by atoms with Crippen molar-refractivity contribution in [3.8, 4) is 0 Å². The van der Waals surface area contributed by atoms with Gasteiger partial charge in [0.15, 0.2) is 0 Å². The summed E-state index contributed by atoms with van der Waals surface area (Å²) in [4.78, 5) is 17.9. The molecule has 0 unspecified atom stereocenters. The van der Waals surface area contributed by atoms with Gasteiger partial charge in [-0.15, -0.1) is 0 Å². The lowest BCUT2D eigenvalue weighted by Gasteiger charge is -2.41. The normalized spacial score (nSPS) is 16.7. The smallest absolute Gasteiger partial charge is 0.317 e. The minimum atomic E-state index is -0.766. The van der Waals surface area contributed by atoms with Crippen LogP contribution in [0.15, 0.2) is 73.1 Å². The number of carboxylic acid groups (broad SMARTS) is 1. The van der Waals surface area contributed by atoms with Gasteiger partial charge in [-0.25, -0.2) is 4.98 Å². The van der Waals surface area contributed by atoms with Gasteiger partial charge in [-0.2, -0.15) is 0 Å². The molecule has 0 saturated carbocycles. The Hall–Kier alpha value is -2.92. The number of hydrogen-bond acceptors (Lipinski definition) is 3. The van der Waals surface area contributed by atoms with Crippen molar-refractivity contribution in [2.45, 2.75) is 24.8 Å². The van der Waals surface area contributed by atoms with Crippen LogP contribution in [0.25, 0.3) is 0 Å². The van der Waals surface area contributed by atoms with E-state index in [1.54, 1.807) is 0 Å². The van der Waals surface area contributed by atoms with Gasteiger partial charge in [0.25, 0.3) is 0 Å². The number of aromatic nitrogens is 2. The molecule has 4 rings (SSSR count). The van der Waals surface area contributed by atoms with E-state index in [-0.39, 0.29) is 12.0 Å². The molecule has 0 amide bonds. The van der Waals surface area contributed by atoms with Gasteiger partial charge in [-0.1, -0.05) is 60.7 Å². The maximum atomic E-state index is 11.1. The molecule has 0 atom stereocenters. The zero-order valence-corrected chi connectivity index (χ0v) is 15.9. The van der Waals surface area contributed by atoms with Crippen molar-refractivity contribution in [2.75, 3.05) is 19.6 Å². The molecule has 2 heterocycles. The van der Waals surface area contributed by atoms with Crippen LogP contribution in [-0.2, 0) is 16.8 Å². The van der Waals surface area contributed by atoms with Gasteiger partial charge in [0.2, 0.25) is 0 Å². The number of likely N-dealkylation sites (tertiary alicyclic amines) is 1. The standard InChI is InChI=1S/C23H25N3O2/c27-21(28)18-25-14-11-23(12-15-25,20-9-5-2-6-10-20)22-24-13-16-26(22)17-19-7-3-1-4-8-19/h1-10,13,16H,11-12,14-15,17-18H2,(H,27,28). The van der Waals surface area contributed by atoms with Crippen LogP contribution in [-0.4, -0.2) is 45.2 Å². The van der Waals surface area contributed by atoms with E-state index in [4.69, 9.17) is 10.1 Å². The number of piperidine rings is 1. The van der Waals surface area contributed by atoms with Gasteiger partial charge in [0.05, 0.1) is 12.0 Å². The van der Waals surface area contributed by atoms with Crippen LogP contribution in [0.1, 0.15) is 29.8 Å². The molecule has 0 aliphatic carbocycles. The minimum Gasteiger partial charge on any atom is -0.480 e. The van der Waals surface area contributed by atoms with E-state index >= 15 is 0 Å². The molecule has 2 aromatic carbocycles. The highest BCUT2D eigenvalue weighted by atomic mass is 16.4. The van der Waals surface area contributed by atoms with Crippen LogP contribution in [0.3, 0.4) is 0 Å². The number of nitrogens with zero attached hydrogens (tertiary/aromatic N) is 3. The van der Waals surface area contributed by atoms with Crippen LogP contribution in [0.5, 0.6) is 0 Å². The molecular formula is C23H25N3O2. The summed E-state index contributed by atoms with van der Waals surface area (Å²) in [7, 11) is 0. The maximum Gasteiger partial charge on any atom is 0.317 e. The summed E-state index contributed by atoms with van der Waals surface area (Å²) < 4.78 is 2.25. The van der Waals surface area contributed by atoms with E-state index in [0.717, 1.165) is 38.3 Å². The first kappa shape index (κ1) is 18.4. The molecule has 1 aromatic heterocycles. The molecule has 0 radical (unpaired) electrons. The lowest BCUT2D eigenvalue weighted by atomic mass is 9.72. The van der Waals surface area contributed by atoms with Crippen molar-refractivity contribution in [1.82, 2.24) is 14.5 Å². The summed E-state index contributed by atoms with van der Waals surface area (Å²) in [5.41, 5.74) is 2.30. The number of aliphatic carboxylic acids is 1. The fraction of sp³-hybridized carbons (Fsp3) is 0.304. The average molecular weight is 375 g/mol. The number of carboxylic acids is 1. The van der Waals surface area contributed by atoms with Gasteiger partial charge in [-0.05, 0) is 24.0 Å². The SMILES string of the molecule is O=C(O)CN1CCC(c2ccccc2)(c2nccn2Cc2ccccc2)CC1. The highest BCUT2D eigenvalue weighted by molar-refractivity contribution is 5.69. The predicted molar refractivity (Wildman–Crippen MR) is 108 cm³/mol. The van der Waals surface area contributed by atoms with Gasteiger partial charge in [0, 0.05) is 32.0 Å². The highest BCUT2D eigenvalue weighted by Gasteiger charge is 2.41. The van der Waals surface area contributed by atoms with Crippen molar-refractivity contribution in [3.05, 3.63) is 90.0 Å². The second-order valence-corrected chi connectivity index (χ2v) is 7.48. The fourth-order valence-electron chi connectivity index (χ4n) is 4.32. The Balaban J connectivity index is 1.68. The van der Waals surface area contributed by atoms with E-state index in [0.29, 0.717) is 0 Å². The fourth-order valence-corrected chi connectivity index (χ4v) is 4.32. The lowest BCUT2D eigenvalue weighted by Crippen LogP contribution is -2.46. The molecule has 1 saturated heterocycles. The first-order valence-electron chi connectivity index (χ1n) is 9.73. The highest BCUT2D eigenvalue weighted by Crippen LogP contribution is 2.41. The Bertz CT molecular complexity index is 913. The molecule has 1 N–H and O–H groups in total. The monoisotopic (exact) mass is 375 g/mol. The van der Waals surface area contributed by atoms with Crippen molar-refractivity contribution in [2.24, 2.45) is 0 Å². The van der Waals surface area contributed by atoms with E-state index in [9.17, 15) is 4.79 Å². The molecule has 1 fully saturated rings. The summed E-state index contributed by atoms with van der Waals surface area (Å²) in [6.07, 6.45) is 5.65. The van der Waals surface area contributed by atoms with E-state index in [2.05, 4.69) is 59.3 Å². The third-order valence-corrected chi connectivity index (χ3v) is 5.73. The summed E-state index contributed by atoms with van der Waals surface area (Å²) in [5.74, 6) is 0.301. The third kappa shape index (κ3) is 3.71. The average Bonchev–Trinajstić information content (AvgIpc) is 3.18. The molecule has 1 aliphatic rings. The summed E-state index contributed by atoms with van der Waals surface area (Å²) in [6.45, 7) is 2.38. The lowest BCUT2D eigenvalue weighted by molar-refractivity contribution is -0.138. The number of hydrogen-bond donors (Lipinski definition) is 1. The van der Waals surface area contributed by atoms with Gasteiger partial charge in [0.1, 0.15) is 5.82 Å². The van der Waals surface area contributed by atoms with E-state index < -0.39 is 5.97 Å². The second kappa shape index (κ2) is 7.98. The summed E-state index contributed by atoms with van der Waals surface area (Å²) >= 11 is 0.